The van der Waals surface area contributed by atoms with Crippen LogP contribution in [0.25, 0.3) is 0 Å². The summed E-state index contributed by atoms with van der Waals surface area (Å²) in [5, 5.41) is 3.00. The number of hydrogen-bond acceptors (Lipinski definition) is 6. The van der Waals surface area contributed by atoms with Crippen LogP contribution in [-0.4, -0.2) is 64.3 Å². The number of nitrogens with zero attached hydrogens (tertiary/aromatic N) is 4. The molecule has 8 heteroatoms. The van der Waals surface area contributed by atoms with Gasteiger partial charge in [-0.1, -0.05) is 18.2 Å². The lowest BCUT2D eigenvalue weighted by atomic mass is 10.1. The van der Waals surface area contributed by atoms with E-state index in [4.69, 9.17) is 5.73 Å². The summed E-state index contributed by atoms with van der Waals surface area (Å²) in [5.74, 6) is -0.136. The zero-order valence-corrected chi connectivity index (χ0v) is 15.6. The van der Waals surface area contributed by atoms with Crippen molar-refractivity contribution in [2.24, 2.45) is 0 Å². The lowest BCUT2D eigenvalue weighted by Crippen LogP contribution is -2.50. The van der Waals surface area contributed by atoms with Crippen molar-refractivity contribution in [2.75, 3.05) is 43.8 Å². The number of hydrogen-bond donors (Lipinski definition) is 2. The van der Waals surface area contributed by atoms with E-state index in [9.17, 15) is 9.59 Å². The molecule has 1 aromatic carbocycles. The van der Waals surface area contributed by atoms with Gasteiger partial charge in [0.1, 0.15) is 0 Å². The summed E-state index contributed by atoms with van der Waals surface area (Å²) < 4.78 is 0. The second kappa shape index (κ2) is 8.13. The second-order valence-electron chi connectivity index (χ2n) is 6.67. The Kier molecular flexibility index (Phi) is 5.66. The van der Waals surface area contributed by atoms with Crippen LogP contribution in [0.1, 0.15) is 21.6 Å². The van der Waals surface area contributed by atoms with Crippen LogP contribution in [0.5, 0.6) is 0 Å². The molecular weight excluding hydrogens is 344 g/mol. The number of nitrogen functional groups attached to an aromatic ring is 1. The molecule has 0 radical (unpaired) electrons. The molecule has 3 rings (SSSR count). The normalized spacial score (nSPS) is 14.8. The SMILES string of the molecule is Cc1cccc(C)c1NC(=O)CN1CCN(C(=O)c2nccnc2N)CC1. The molecule has 142 valence electrons. The van der Waals surface area contributed by atoms with E-state index in [0.29, 0.717) is 32.7 Å². The van der Waals surface area contributed by atoms with Crippen LogP contribution in [0.4, 0.5) is 11.5 Å². The summed E-state index contributed by atoms with van der Waals surface area (Å²) in [6.45, 7) is 6.52. The van der Waals surface area contributed by atoms with Crippen LogP contribution in [0.15, 0.2) is 30.6 Å². The van der Waals surface area contributed by atoms with Gasteiger partial charge in [0.05, 0.1) is 6.54 Å². The zero-order chi connectivity index (χ0) is 19.4. The minimum atomic E-state index is -0.222. The quantitative estimate of drug-likeness (QED) is 0.837. The number of aromatic nitrogens is 2. The number of rotatable bonds is 4. The van der Waals surface area contributed by atoms with Crippen LogP contribution >= 0.6 is 0 Å². The van der Waals surface area contributed by atoms with Crippen molar-refractivity contribution in [1.82, 2.24) is 19.8 Å². The number of carbonyl (C=O) groups excluding carboxylic acids is 2. The fourth-order valence-electron chi connectivity index (χ4n) is 3.17. The Morgan fingerprint density at radius 2 is 1.70 bits per heavy atom. The monoisotopic (exact) mass is 368 g/mol. The van der Waals surface area contributed by atoms with Gasteiger partial charge in [-0.05, 0) is 25.0 Å². The first-order valence-corrected chi connectivity index (χ1v) is 8.90. The zero-order valence-electron chi connectivity index (χ0n) is 15.6. The molecule has 1 aromatic heterocycles. The number of anilines is 2. The van der Waals surface area contributed by atoms with Crippen molar-refractivity contribution < 1.29 is 9.59 Å². The van der Waals surface area contributed by atoms with Crippen LogP contribution in [0, 0.1) is 13.8 Å². The molecule has 2 heterocycles. The third kappa shape index (κ3) is 4.40. The molecule has 27 heavy (non-hydrogen) atoms. The Bertz CT molecular complexity index is 826. The smallest absolute Gasteiger partial charge is 0.276 e. The number of benzene rings is 1. The van der Waals surface area contributed by atoms with Gasteiger partial charge < -0.3 is 16.0 Å². The molecule has 1 fully saturated rings. The predicted molar refractivity (Wildman–Crippen MR) is 103 cm³/mol. The van der Waals surface area contributed by atoms with Gasteiger partial charge in [-0.3, -0.25) is 14.5 Å². The van der Waals surface area contributed by atoms with E-state index in [0.717, 1.165) is 16.8 Å². The van der Waals surface area contributed by atoms with E-state index in [1.165, 1.54) is 12.4 Å². The molecule has 0 spiro atoms. The number of aryl methyl sites for hydroxylation is 2. The van der Waals surface area contributed by atoms with Crippen molar-refractivity contribution in [2.45, 2.75) is 13.8 Å². The summed E-state index contributed by atoms with van der Waals surface area (Å²) in [7, 11) is 0. The summed E-state index contributed by atoms with van der Waals surface area (Å²) >= 11 is 0. The highest BCUT2D eigenvalue weighted by Crippen LogP contribution is 2.19. The van der Waals surface area contributed by atoms with E-state index >= 15 is 0 Å². The number of para-hydroxylation sites is 1. The first-order valence-electron chi connectivity index (χ1n) is 8.90. The van der Waals surface area contributed by atoms with Crippen molar-refractivity contribution >= 4 is 23.3 Å². The molecule has 0 saturated carbocycles. The average molecular weight is 368 g/mol. The minimum absolute atomic E-state index is 0.0506. The lowest BCUT2D eigenvalue weighted by molar-refractivity contribution is -0.117. The fraction of sp³-hybridized carbons (Fsp3) is 0.368. The average Bonchev–Trinajstić information content (AvgIpc) is 2.65. The third-order valence-corrected chi connectivity index (χ3v) is 4.70. The van der Waals surface area contributed by atoms with Crippen LogP contribution in [-0.2, 0) is 4.79 Å². The van der Waals surface area contributed by atoms with Crippen LogP contribution in [0.3, 0.4) is 0 Å². The summed E-state index contributed by atoms with van der Waals surface area (Å²) in [6.07, 6.45) is 2.91. The van der Waals surface area contributed by atoms with Gasteiger partial charge in [0.15, 0.2) is 11.5 Å². The maximum atomic E-state index is 12.5. The van der Waals surface area contributed by atoms with Gasteiger partial charge in [-0.25, -0.2) is 9.97 Å². The van der Waals surface area contributed by atoms with Gasteiger partial charge in [0.2, 0.25) is 5.91 Å². The van der Waals surface area contributed by atoms with Crippen molar-refractivity contribution in [1.29, 1.82) is 0 Å². The Morgan fingerprint density at radius 1 is 1.07 bits per heavy atom. The van der Waals surface area contributed by atoms with Crippen LogP contribution < -0.4 is 11.1 Å². The van der Waals surface area contributed by atoms with Crippen LogP contribution in [0.2, 0.25) is 0 Å². The Hall–Kier alpha value is -3.00. The Labute approximate surface area is 158 Å². The number of amides is 2. The highest BCUT2D eigenvalue weighted by Gasteiger charge is 2.25. The van der Waals surface area contributed by atoms with E-state index < -0.39 is 0 Å². The molecular formula is C19H24N6O2. The number of nitrogens with two attached hydrogens (primary N) is 1. The highest BCUT2D eigenvalue weighted by atomic mass is 16.2. The first kappa shape index (κ1) is 18.8. The van der Waals surface area contributed by atoms with Gasteiger partial charge in [0, 0.05) is 44.3 Å². The van der Waals surface area contributed by atoms with E-state index in [-0.39, 0.29) is 23.3 Å². The van der Waals surface area contributed by atoms with E-state index in [2.05, 4.69) is 15.3 Å². The number of nitrogens with one attached hydrogen (secondary N) is 1. The molecule has 1 aliphatic heterocycles. The maximum Gasteiger partial charge on any atom is 0.276 e. The minimum Gasteiger partial charge on any atom is -0.382 e. The topological polar surface area (TPSA) is 104 Å². The molecule has 0 bridgehead atoms. The molecule has 8 nitrogen and oxygen atoms in total. The van der Waals surface area contributed by atoms with E-state index in [1.54, 1.807) is 4.90 Å². The van der Waals surface area contributed by atoms with Crippen molar-refractivity contribution in [3.05, 3.63) is 47.4 Å². The summed E-state index contributed by atoms with van der Waals surface area (Å²) in [6, 6.07) is 5.93. The molecule has 3 N–H and O–H groups in total. The van der Waals surface area contributed by atoms with E-state index in [1.807, 2.05) is 36.9 Å². The molecule has 0 atom stereocenters. The molecule has 0 aliphatic carbocycles. The van der Waals surface area contributed by atoms with Crippen molar-refractivity contribution in [3.8, 4) is 0 Å². The fourth-order valence-corrected chi connectivity index (χ4v) is 3.17. The second-order valence-corrected chi connectivity index (χ2v) is 6.67. The van der Waals surface area contributed by atoms with Crippen molar-refractivity contribution in [3.63, 3.8) is 0 Å². The van der Waals surface area contributed by atoms with Gasteiger partial charge in [-0.15, -0.1) is 0 Å². The Morgan fingerprint density at radius 3 is 2.33 bits per heavy atom. The molecule has 1 aliphatic rings. The maximum absolute atomic E-state index is 12.5. The van der Waals surface area contributed by atoms with Gasteiger partial charge >= 0.3 is 0 Å². The number of piperazine rings is 1. The third-order valence-electron chi connectivity index (χ3n) is 4.70. The molecule has 2 amide bonds. The largest absolute Gasteiger partial charge is 0.382 e. The van der Waals surface area contributed by atoms with Gasteiger partial charge in [-0.2, -0.15) is 0 Å². The Balaban J connectivity index is 1.53. The molecule has 1 saturated heterocycles. The number of carbonyl (C=O) groups is 2. The molecule has 0 unspecified atom stereocenters. The standard InChI is InChI=1S/C19H24N6O2/c1-13-4-3-5-14(2)16(13)23-15(26)12-24-8-10-25(11-9-24)19(27)17-18(20)22-7-6-21-17/h3-7H,8-12H2,1-2H3,(H2,20,22)(H,23,26). The summed E-state index contributed by atoms with van der Waals surface area (Å²) in [4.78, 5) is 36.6. The highest BCUT2D eigenvalue weighted by molar-refractivity contribution is 5.96. The lowest BCUT2D eigenvalue weighted by Gasteiger charge is -2.34. The predicted octanol–water partition coefficient (Wildman–Crippen LogP) is 1.07. The first-order chi connectivity index (χ1) is 13.0. The van der Waals surface area contributed by atoms with Gasteiger partial charge in [0.25, 0.3) is 5.91 Å². The summed E-state index contributed by atoms with van der Waals surface area (Å²) in [5.41, 5.74) is 8.87. The molecule has 2 aromatic rings.